The fraction of sp³-hybridized carbons (Fsp3) is 0.395. The van der Waals surface area contributed by atoms with Gasteiger partial charge in [-0.1, -0.05) is 49.4 Å². The normalized spacial score (nSPS) is 23.3. The number of ether oxygens (including phenoxy) is 1. The van der Waals surface area contributed by atoms with Gasteiger partial charge in [0.15, 0.2) is 10.8 Å². The summed E-state index contributed by atoms with van der Waals surface area (Å²) in [5.41, 5.74) is 5.37. The van der Waals surface area contributed by atoms with Crippen molar-refractivity contribution in [3.8, 4) is 11.1 Å². The van der Waals surface area contributed by atoms with Gasteiger partial charge in [0.25, 0.3) is 5.91 Å². The molecular weight excluding hydrogens is 637 g/mol. The third-order valence-corrected chi connectivity index (χ3v) is 11.4. The van der Waals surface area contributed by atoms with Crippen molar-refractivity contribution >= 4 is 44.4 Å². The average Bonchev–Trinajstić information content (AvgIpc) is 3.64. The van der Waals surface area contributed by atoms with Crippen LogP contribution in [0, 0.1) is 18.8 Å². The van der Waals surface area contributed by atoms with Crippen LogP contribution in [-0.2, 0) is 24.2 Å². The van der Waals surface area contributed by atoms with Gasteiger partial charge in [-0.15, -0.1) is 0 Å². The van der Waals surface area contributed by atoms with Crippen LogP contribution in [-0.4, -0.2) is 55.0 Å². The molecule has 2 unspecified atom stereocenters. The molecule has 2 saturated heterocycles. The van der Waals surface area contributed by atoms with E-state index >= 15 is 0 Å². The summed E-state index contributed by atoms with van der Waals surface area (Å²) in [5.74, 6) is 0.448. The quantitative estimate of drug-likeness (QED) is 0.183. The molecule has 1 amide bonds. The van der Waals surface area contributed by atoms with Gasteiger partial charge in [0, 0.05) is 35.5 Å². The Hall–Kier alpha value is -4.61. The van der Waals surface area contributed by atoms with Crippen molar-refractivity contribution in [2.45, 2.75) is 77.7 Å². The molecular formula is C38H40N6O4S. The SMILES string of the molecule is Cc1c(-c2ccc(N3CCc4cccc(C(=O)Nc5nc6ccccc6s5)c4C3)nc2C(=O)O)cnn1CC12CC(C)CC(CC(C)C1)O2. The molecule has 8 rings (SSSR count). The number of pyridine rings is 1. The van der Waals surface area contributed by atoms with Crippen LogP contribution in [0.15, 0.2) is 60.8 Å². The zero-order valence-electron chi connectivity index (χ0n) is 28.0. The Labute approximate surface area is 289 Å². The summed E-state index contributed by atoms with van der Waals surface area (Å²) in [5, 5.41) is 18.7. The predicted molar refractivity (Wildman–Crippen MR) is 190 cm³/mol. The third-order valence-electron chi connectivity index (χ3n) is 10.5. The van der Waals surface area contributed by atoms with Crippen molar-refractivity contribution in [1.82, 2.24) is 19.7 Å². The lowest BCUT2D eigenvalue weighted by molar-refractivity contribution is -0.193. The summed E-state index contributed by atoms with van der Waals surface area (Å²) in [6.45, 7) is 8.36. The minimum Gasteiger partial charge on any atom is -0.476 e. The summed E-state index contributed by atoms with van der Waals surface area (Å²) in [4.78, 5) is 37.5. The molecule has 49 heavy (non-hydrogen) atoms. The first-order valence-electron chi connectivity index (χ1n) is 17.1. The molecule has 3 aromatic heterocycles. The fourth-order valence-electron chi connectivity index (χ4n) is 8.45. The molecule has 0 radical (unpaired) electrons. The highest BCUT2D eigenvalue weighted by Crippen LogP contribution is 2.45. The van der Waals surface area contributed by atoms with Crippen molar-refractivity contribution in [3.05, 3.63) is 88.9 Å². The molecule has 252 valence electrons. The summed E-state index contributed by atoms with van der Waals surface area (Å²) in [6.07, 6.45) is 6.99. The standard InChI is InChI=1S/C38H40N6O4S/c1-22-15-26-16-23(2)18-38(17-22,48-26)21-44-24(3)29(19-39-44)27-11-12-33(41-34(27)36(46)47)43-14-13-25-7-6-8-28(30(25)20-43)35(45)42-37-40-31-9-4-5-10-32(31)49-37/h4-12,19,22-23,26H,13-18,20-21H2,1-3H3,(H,46,47)(H,40,42,45). The lowest BCUT2D eigenvalue weighted by Gasteiger charge is -2.50. The van der Waals surface area contributed by atoms with Gasteiger partial charge >= 0.3 is 5.97 Å². The molecule has 0 aliphatic carbocycles. The van der Waals surface area contributed by atoms with E-state index < -0.39 is 5.97 Å². The maximum absolute atomic E-state index is 13.5. The first-order chi connectivity index (χ1) is 23.6. The van der Waals surface area contributed by atoms with E-state index in [2.05, 4.69) is 24.1 Å². The van der Waals surface area contributed by atoms with E-state index in [0.717, 1.165) is 58.3 Å². The van der Waals surface area contributed by atoms with Crippen LogP contribution in [0.1, 0.15) is 77.2 Å². The highest BCUT2D eigenvalue weighted by molar-refractivity contribution is 7.22. The Kier molecular flexibility index (Phi) is 7.99. The van der Waals surface area contributed by atoms with Crippen molar-refractivity contribution in [2.75, 3.05) is 16.8 Å². The first kappa shape index (κ1) is 31.6. The van der Waals surface area contributed by atoms with Gasteiger partial charge in [0.2, 0.25) is 0 Å². The molecule has 0 saturated carbocycles. The number of benzene rings is 2. The summed E-state index contributed by atoms with van der Waals surface area (Å²) >= 11 is 1.44. The number of thiazole rings is 1. The van der Waals surface area contributed by atoms with Gasteiger partial charge in [0.05, 0.1) is 34.7 Å². The molecule has 2 atom stereocenters. The summed E-state index contributed by atoms with van der Waals surface area (Å²) in [7, 11) is 0. The van der Waals surface area contributed by atoms with Crippen LogP contribution in [0.3, 0.4) is 0 Å². The number of para-hydroxylation sites is 1. The number of aromatic carboxylic acids is 1. The minimum atomic E-state index is -1.09. The highest BCUT2D eigenvalue weighted by Gasteiger charge is 2.46. The topological polar surface area (TPSA) is 122 Å². The summed E-state index contributed by atoms with van der Waals surface area (Å²) < 4.78 is 9.66. The van der Waals surface area contributed by atoms with Crippen molar-refractivity contribution in [3.63, 3.8) is 0 Å². The van der Waals surface area contributed by atoms with Crippen LogP contribution in [0.2, 0.25) is 0 Å². The summed E-state index contributed by atoms with van der Waals surface area (Å²) in [6, 6.07) is 17.3. The first-order valence-corrected chi connectivity index (χ1v) is 17.9. The zero-order chi connectivity index (χ0) is 33.9. The average molecular weight is 677 g/mol. The third kappa shape index (κ3) is 5.99. The number of nitrogens with zero attached hydrogens (tertiary/aromatic N) is 5. The fourth-order valence-corrected chi connectivity index (χ4v) is 9.32. The van der Waals surface area contributed by atoms with E-state index in [0.29, 0.717) is 66.1 Å². The van der Waals surface area contributed by atoms with Crippen LogP contribution in [0.4, 0.5) is 10.9 Å². The number of fused-ring (bicyclic) bond motifs is 4. The van der Waals surface area contributed by atoms with Crippen LogP contribution < -0.4 is 10.2 Å². The highest BCUT2D eigenvalue weighted by atomic mass is 32.1. The number of aromatic nitrogens is 4. The van der Waals surface area contributed by atoms with E-state index in [-0.39, 0.29) is 17.2 Å². The second-order valence-electron chi connectivity index (χ2n) is 14.2. The molecule has 6 heterocycles. The van der Waals surface area contributed by atoms with E-state index in [9.17, 15) is 14.7 Å². The predicted octanol–water partition coefficient (Wildman–Crippen LogP) is 7.36. The van der Waals surface area contributed by atoms with E-state index in [1.165, 1.54) is 11.3 Å². The molecule has 0 spiro atoms. The second-order valence-corrected chi connectivity index (χ2v) is 15.3. The molecule has 3 aliphatic heterocycles. The Morgan fingerprint density at radius 2 is 1.82 bits per heavy atom. The molecule has 3 aliphatic rings. The number of amides is 1. The minimum absolute atomic E-state index is 0.0140. The number of carbonyl (C=O) groups is 2. The molecule has 10 nitrogen and oxygen atoms in total. The Balaban J connectivity index is 1.04. The number of carboxylic acids is 1. The Morgan fingerprint density at radius 1 is 1.02 bits per heavy atom. The lowest BCUT2D eigenvalue weighted by Crippen LogP contribution is -2.51. The number of rotatable bonds is 7. The number of anilines is 2. The number of hydrogen-bond acceptors (Lipinski definition) is 8. The Bertz CT molecular complexity index is 2030. The molecule has 2 N–H and O–H groups in total. The monoisotopic (exact) mass is 676 g/mol. The molecule has 2 bridgehead atoms. The lowest BCUT2D eigenvalue weighted by atomic mass is 9.73. The van der Waals surface area contributed by atoms with Crippen molar-refractivity contribution < 1.29 is 19.4 Å². The van der Waals surface area contributed by atoms with Gasteiger partial charge in [-0.3, -0.25) is 14.8 Å². The number of nitrogens with one attached hydrogen (secondary N) is 1. The van der Waals surface area contributed by atoms with E-state index in [1.54, 1.807) is 6.20 Å². The van der Waals surface area contributed by atoms with Crippen molar-refractivity contribution in [2.24, 2.45) is 11.8 Å². The maximum atomic E-state index is 13.5. The van der Waals surface area contributed by atoms with Crippen LogP contribution >= 0.6 is 11.3 Å². The zero-order valence-corrected chi connectivity index (χ0v) is 28.8. The van der Waals surface area contributed by atoms with Crippen LogP contribution in [0.5, 0.6) is 0 Å². The van der Waals surface area contributed by atoms with E-state index in [1.807, 2.05) is 71.1 Å². The number of carbonyl (C=O) groups excluding carboxylic acids is 1. The maximum Gasteiger partial charge on any atom is 0.355 e. The molecule has 2 aromatic carbocycles. The smallest absolute Gasteiger partial charge is 0.355 e. The van der Waals surface area contributed by atoms with Crippen molar-refractivity contribution in [1.29, 1.82) is 0 Å². The second kappa shape index (κ2) is 12.4. The molecule has 11 heteroatoms. The number of carboxylic acid groups (broad SMARTS) is 1. The van der Waals surface area contributed by atoms with Gasteiger partial charge in [0.1, 0.15) is 5.82 Å². The molecule has 5 aromatic rings. The van der Waals surface area contributed by atoms with Gasteiger partial charge < -0.3 is 14.7 Å². The Morgan fingerprint density at radius 3 is 2.59 bits per heavy atom. The largest absolute Gasteiger partial charge is 0.476 e. The van der Waals surface area contributed by atoms with Gasteiger partial charge in [-0.25, -0.2) is 14.8 Å². The van der Waals surface area contributed by atoms with Gasteiger partial charge in [-0.05, 0) is 92.3 Å². The van der Waals surface area contributed by atoms with Crippen LogP contribution in [0.25, 0.3) is 21.3 Å². The van der Waals surface area contributed by atoms with Gasteiger partial charge in [-0.2, -0.15) is 5.10 Å². The van der Waals surface area contributed by atoms with E-state index in [4.69, 9.17) is 14.8 Å². The molecule has 2 fully saturated rings. The number of hydrogen-bond donors (Lipinski definition) is 2.